The minimum absolute atomic E-state index is 0.0280. The summed E-state index contributed by atoms with van der Waals surface area (Å²) >= 11 is 1.67. The van der Waals surface area contributed by atoms with E-state index >= 15 is 0 Å². The highest BCUT2D eigenvalue weighted by Gasteiger charge is 2.29. The lowest BCUT2D eigenvalue weighted by atomic mass is 10.1. The normalized spacial score (nSPS) is 19.8. The van der Waals surface area contributed by atoms with Crippen LogP contribution in [0.2, 0.25) is 0 Å². The van der Waals surface area contributed by atoms with Gasteiger partial charge in [0.25, 0.3) is 5.91 Å². The molecule has 8 heteroatoms. The molecule has 1 unspecified atom stereocenters. The van der Waals surface area contributed by atoms with Crippen LogP contribution in [-0.4, -0.2) is 61.2 Å². The molecule has 0 aromatic carbocycles. The Hall–Kier alpha value is -1.80. The summed E-state index contributed by atoms with van der Waals surface area (Å²) in [6.45, 7) is 2.07. The first-order valence-electron chi connectivity index (χ1n) is 8.12. The Labute approximate surface area is 145 Å². The van der Waals surface area contributed by atoms with E-state index in [-0.39, 0.29) is 24.5 Å². The van der Waals surface area contributed by atoms with E-state index < -0.39 is 0 Å². The molecule has 1 fully saturated rings. The van der Waals surface area contributed by atoms with Gasteiger partial charge in [-0.2, -0.15) is 11.8 Å². The number of anilines is 2. The zero-order valence-electron chi connectivity index (χ0n) is 13.7. The van der Waals surface area contributed by atoms with Crippen LogP contribution in [-0.2, 0) is 9.53 Å². The Morgan fingerprint density at radius 3 is 3.21 bits per heavy atom. The quantitative estimate of drug-likeness (QED) is 0.748. The third-order valence-corrected chi connectivity index (χ3v) is 4.74. The van der Waals surface area contributed by atoms with E-state index in [1.54, 1.807) is 28.9 Å². The molecule has 2 amide bonds. The van der Waals surface area contributed by atoms with Crippen molar-refractivity contribution in [1.82, 2.24) is 10.3 Å². The summed E-state index contributed by atoms with van der Waals surface area (Å²) in [5.74, 6) is 1.29. The number of aromatic nitrogens is 1. The van der Waals surface area contributed by atoms with Gasteiger partial charge < -0.3 is 20.3 Å². The van der Waals surface area contributed by atoms with Crippen molar-refractivity contribution >= 4 is 35.1 Å². The van der Waals surface area contributed by atoms with Gasteiger partial charge in [0.05, 0.1) is 30.4 Å². The van der Waals surface area contributed by atoms with Crippen LogP contribution < -0.4 is 15.5 Å². The van der Waals surface area contributed by atoms with Gasteiger partial charge >= 0.3 is 0 Å². The van der Waals surface area contributed by atoms with Gasteiger partial charge in [0, 0.05) is 25.1 Å². The third-order valence-electron chi connectivity index (χ3n) is 4.13. The summed E-state index contributed by atoms with van der Waals surface area (Å²) in [6.07, 6.45) is 5.56. The molecule has 0 spiro atoms. The van der Waals surface area contributed by atoms with Crippen LogP contribution in [0.25, 0.3) is 0 Å². The van der Waals surface area contributed by atoms with Crippen LogP contribution in [0.4, 0.5) is 11.5 Å². The number of pyridine rings is 1. The minimum atomic E-state index is -0.172. The van der Waals surface area contributed by atoms with Crippen LogP contribution >= 0.6 is 11.8 Å². The maximum absolute atomic E-state index is 12.3. The van der Waals surface area contributed by atoms with E-state index in [1.165, 1.54) is 0 Å². The van der Waals surface area contributed by atoms with Crippen LogP contribution in [0.3, 0.4) is 0 Å². The first kappa shape index (κ1) is 17.0. The number of hydrogen-bond acceptors (Lipinski definition) is 6. The lowest BCUT2D eigenvalue weighted by Gasteiger charge is -2.31. The van der Waals surface area contributed by atoms with E-state index in [4.69, 9.17) is 4.74 Å². The second kappa shape index (κ2) is 7.85. The fourth-order valence-corrected chi connectivity index (χ4v) is 3.18. The van der Waals surface area contributed by atoms with Gasteiger partial charge in [0.2, 0.25) is 5.91 Å². The smallest absolute Gasteiger partial charge is 0.252 e. The van der Waals surface area contributed by atoms with Gasteiger partial charge in [0.1, 0.15) is 5.82 Å². The molecule has 1 aromatic rings. The largest absolute Gasteiger partial charge is 0.376 e. The summed E-state index contributed by atoms with van der Waals surface area (Å²) in [5.41, 5.74) is 1.11. The van der Waals surface area contributed by atoms with Crippen molar-refractivity contribution in [2.75, 3.05) is 48.5 Å². The first-order chi connectivity index (χ1) is 11.7. The number of thioether (sulfide) groups is 1. The average molecular weight is 350 g/mol. The molecular weight excluding hydrogens is 328 g/mol. The molecule has 24 heavy (non-hydrogen) atoms. The number of carbonyl (C=O) groups excluding carboxylic acids is 2. The minimum Gasteiger partial charge on any atom is -0.376 e. The molecule has 7 nitrogen and oxygen atoms in total. The van der Waals surface area contributed by atoms with Crippen LogP contribution in [0.1, 0.15) is 23.2 Å². The number of rotatable bonds is 6. The molecular formula is C16H22N4O3S. The highest BCUT2D eigenvalue weighted by Crippen LogP contribution is 2.29. The van der Waals surface area contributed by atoms with Crippen molar-refractivity contribution in [3.8, 4) is 0 Å². The Balaban J connectivity index is 1.78. The molecule has 0 radical (unpaired) electrons. The fraction of sp³-hybridized carbons (Fsp3) is 0.562. The molecule has 1 aromatic heterocycles. The van der Waals surface area contributed by atoms with Crippen LogP contribution in [0, 0.1) is 0 Å². The van der Waals surface area contributed by atoms with Gasteiger partial charge in [-0.3, -0.25) is 9.59 Å². The zero-order chi connectivity index (χ0) is 16.9. The van der Waals surface area contributed by atoms with Crippen molar-refractivity contribution in [3.63, 3.8) is 0 Å². The molecule has 2 aliphatic heterocycles. The zero-order valence-corrected chi connectivity index (χ0v) is 14.5. The highest BCUT2D eigenvalue weighted by molar-refractivity contribution is 7.98. The SMILES string of the molecule is CSCCNC(=O)c1cnc2c(c1)N(CC1CCCO1)C(=O)CN2. The van der Waals surface area contributed by atoms with Gasteiger partial charge in [0.15, 0.2) is 0 Å². The summed E-state index contributed by atoms with van der Waals surface area (Å²) in [6, 6.07) is 1.73. The summed E-state index contributed by atoms with van der Waals surface area (Å²) < 4.78 is 5.65. The maximum atomic E-state index is 12.3. The van der Waals surface area contributed by atoms with Gasteiger partial charge in [-0.1, -0.05) is 0 Å². The number of carbonyl (C=O) groups is 2. The van der Waals surface area contributed by atoms with Crippen molar-refractivity contribution < 1.29 is 14.3 Å². The summed E-state index contributed by atoms with van der Waals surface area (Å²) in [5, 5.41) is 5.87. The molecule has 0 saturated carbocycles. The van der Waals surface area contributed by atoms with Crippen molar-refractivity contribution in [3.05, 3.63) is 17.8 Å². The predicted octanol–water partition coefficient (Wildman–Crippen LogP) is 1.11. The lowest BCUT2D eigenvalue weighted by molar-refractivity contribution is -0.117. The van der Waals surface area contributed by atoms with E-state index in [1.807, 2.05) is 6.26 Å². The number of amides is 2. The Kier molecular flexibility index (Phi) is 5.57. The van der Waals surface area contributed by atoms with Gasteiger partial charge in [-0.25, -0.2) is 4.98 Å². The standard InChI is InChI=1S/C16H22N4O3S/c1-24-6-4-17-16(22)11-7-13-15(18-8-11)19-9-14(21)20(13)10-12-3-2-5-23-12/h7-8,12H,2-6,9-10H2,1H3,(H,17,22)(H,18,19). The Bertz CT molecular complexity index is 619. The molecule has 3 heterocycles. The number of nitrogens with one attached hydrogen (secondary N) is 2. The molecule has 1 saturated heterocycles. The van der Waals surface area contributed by atoms with E-state index in [0.29, 0.717) is 30.2 Å². The van der Waals surface area contributed by atoms with Crippen molar-refractivity contribution in [1.29, 1.82) is 0 Å². The average Bonchev–Trinajstić information content (AvgIpc) is 3.10. The molecule has 130 valence electrons. The second-order valence-corrected chi connectivity index (χ2v) is 6.82. The predicted molar refractivity (Wildman–Crippen MR) is 94.8 cm³/mol. The van der Waals surface area contributed by atoms with E-state index in [0.717, 1.165) is 25.2 Å². The lowest BCUT2D eigenvalue weighted by Crippen LogP contribution is -2.44. The molecule has 0 aliphatic carbocycles. The summed E-state index contributed by atoms with van der Waals surface area (Å²) in [4.78, 5) is 30.5. The Morgan fingerprint density at radius 2 is 2.46 bits per heavy atom. The number of hydrogen-bond donors (Lipinski definition) is 2. The highest BCUT2D eigenvalue weighted by atomic mass is 32.2. The van der Waals surface area contributed by atoms with Crippen LogP contribution in [0.5, 0.6) is 0 Å². The number of nitrogens with zero attached hydrogens (tertiary/aromatic N) is 2. The van der Waals surface area contributed by atoms with E-state index in [9.17, 15) is 9.59 Å². The third kappa shape index (κ3) is 3.81. The van der Waals surface area contributed by atoms with Crippen LogP contribution in [0.15, 0.2) is 12.3 Å². The van der Waals surface area contributed by atoms with Gasteiger partial charge in [-0.15, -0.1) is 0 Å². The molecule has 2 N–H and O–H groups in total. The van der Waals surface area contributed by atoms with E-state index in [2.05, 4.69) is 15.6 Å². The number of fused-ring (bicyclic) bond motifs is 1. The molecule has 3 rings (SSSR count). The Morgan fingerprint density at radius 1 is 1.58 bits per heavy atom. The number of ether oxygens (including phenoxy) is 1. The van der Waals surface area contributed by atoms with Gasteiger partial charge in [-0.05, 0) is 25.2 Å². The summed E-state index contributed by atoms with van der Waals surface area (Å²) in [7, 11) is 0. The van der Waals surface area contributed by atoms with Crippen molar-refractivity contribution in [2.24, 2.45) is 0 Å². The first-order valence-corrected chi connectivity index (χ1v) is 9.51. The monoisotopic (exact) mass is 350 g/mol. The second-order valence-electron chi connectivity index (χ2n) is 5.83. The topological polar surface area (TPSA) is 83.6 Å². The fourth-order valence-electron chi connectivity index (χ4n) is 2.87. The maximum Gasteiger partial charge on any atom is 0.252 e. The molecule has 0 bridgehead atoms. The van der Waals surface area contributed by atoms with Crippen molar-refractivity contribution in [2.45, 2.75) is 18.9 Å². The molecule has 1 atom stereocenters. The molecule has 2 aliphatic rings.